The SMILES string of the molecule is COCCC(=O)N1CCCC(CNC(=O)c2ccoc2)C1. The van der Waals surface area contributed by atoms with Crippen molar-refractivity contribution >= 4 is 11.8 Å². The minimum Gasteiger partial charge on any atom is -0.472 e. The number of nitrogens with zero attached hydrogens (tertiary/aromatic N) is 1. The van der Waals surface area contributed by atoms with Crippen LogP contribution in [0.15, 0.2) is 23.0 Å². The maximum absolute atomic E-state index is 12.0. The van der Waals surface area contributed by atoms with Gasteiger partial charge in [0.25, 0.3) is 5.91 Å². The molecule has 0 spiro atoms. The minimum atomic E-state index is -0.133. The molecule has 0 aliphatic carbocycles. The fourth-order valence-electron chi connectivity index (χ4n) is 2.54. The number of furan rings is 1. The molecule has 1 aliphatic heterocycles. The Balaban J connectivity index is 1.76. The van der Waals surface area contributed by atoms with Crippen molar-refractivity contribution in [2.75, 3.05) is 33.4 Å². The maximum Gasteiger partial charge on any atom is 0.254 e. The number of hydrogen-bond acceptors (Lipinski definition) is 4. The Bertz CT molecular complexity index is 458. The molecule has 1 N–H and O–H groups in total. The van der Waals surface area contributed by atoms with Gasteiger partial charge in [-0.25, -0.2) is 0 Å². The molecule has 6 heteroatoms. The summed E-state index contributed by atoms with van der Waals surface area (Å²) in [6, 6.07) is 1.64. The molecule has 21 heavy (non-hydrogen) atoms. The highest BCUT2D eigenvalue weighted by atomic mass is 16.5. The van der Waals surface area contributed by atoms with Crippen LogP contribution in [0, 0.1) is 5.92 Å². The van der Waals surface area contributed by atoms with Gasteiger partial charge < -0.3 is 19.4 Å². The van der Waals surface area contributed by atoms with Gasteiger partial charge in [-0.15, -0.1) is 0 Å². The highest BCUT2D eigenvalue weighted by Crippen LogP contribution is 2.16. The largest absolute Gasteiger partial charge is 0.472 e. The van der Waals surface area contributed by atoms with Crippen LogP contribution in [0.2, 0.25) is 0 Å². The molecule has 0 radical (unpaired) electrons. The normalized spacial score (nSPS) is 18.5. The molecule has 1 aromatic rings. The fourth-order valence-corrected chi connectivity index (χ4v) is 2.54. The van der Waals surface area contributed by atoms with Gasteiger partial charge in [-0.3, -0.25) is 9.59 Å². The number of carbonyl (C=O) groups is 2. The van der Waals surface area contributed by atoms with Crippen LogP contribution in [0.5, 0.6) is 0 Å². The number of nitrogens with one attached hydrogen (secondary N) is 1. The van der Waals surface area contributed by atoms with Gasteiger partial charge >= 0.3 is 0 Å². The van der Waals surface area contributed by atoms with Gasteiger partial charge in [0.2, 0.25) is 5.91 Å². The van der Waals surface area contributed by atoms with Crippen molar-refractivity contribution in [3.8, 4) is 0 Å². The lowest BCUT2D eigenvalue weighted by molar-refractivity contribution is -0.133. The lowest BCUT2D eigenvalue weighted by Gasteiger charge is -2.33. The van der Waals surface area contributed by atoms with E-state index in [1.165, 1.54) is 12.5 Å². The summed E-state index contributed by atoms with van der Waals surface area (Å²) in [7, 11) is 1.59. The summed E-state index contributed by atoms with van der Waals surface area (Å²) in [5.74, 6) is 0.301. The summed E-state index contributed by atoms with van der Waals surface area (Å²) in [5.41, 5.74) is 0.527. The van der Waals surface area contributed by atoms with Crippen LogP contribution in [0.1, 0.15) is 29.6 Å². The van der Waals surface area contributed by atoms with Crippen molar-refractivity contribution < 1.29 is 18.7 Å². The molecule has 1 fully saturated rings. The van der Waals surface area contributed by atoms with Gasteiger partial charge in [0.15, 0.2) is 0 Å². The molecule has 2 heterocycles. The predicted octanol–water partition coefficient (Wildman–Crippen LogP) is 1.28. The van der Waals surface area contributed by atoms with E-state index in [-0.39, 0.29) is 11.8 Å². The standard InChI is InChI=1S/C15H22N2O4/c1-20-7-5-14(18)17-6-2-3-12(10-17)9-16-15(19)13-4-8-21-11-13/h4,8,11-12H,2-3,5-7,9-10H2,1H3,(H,16,19). The summed E-state index contributed by atoms with van der Waals surface area (Å²) in [6.07, 6.45) is 5.33. The molecular weight excluding hydrogens is 272 g/mol. The van der Waals surface area contributed by atoms with Crippen molar-refractivity contribution in [3.05, 3.63) is 24.2 Å². The third-order valence-corrected chi connectivity index (χ3v) is 3.73. The van der Waals surface area contributed by atoms with Crippen molar-refractivity contribution in [2.45, 2.75) is 19.3 Å². The molecule has 6 nitrogen and oxygen atoms in total. The Hall–Kier alpha value is -1.82. The molecule has 2 rings (SSSR count). The quantitative estimate of drug-likeness (QED) is 0.858. The lowest BCUT2D eigenvalue weighted by atomic mass is 9.97. The molecule has 1 unspecified atom stereocenters. The second-order valence-corrected chi connectivity index (χ2v) is 5.31. The van der Waals surface area contributed by atoms with E-state index in [9.17, 15) is 9.59 Å². The summed E-state index contributed by atoms with van der Waals surface area (Å²) in [5, 5.41) is 2.90. The average molecular weight is 294 g/mol. The molecule has 0 saturated carbocycles. The van der Waals surface area contributed by atoms with Gasteiger partial charge in [-0.2, -0.15) is 0 Å². The molecule has 0 bridgehead atoms. The van der Waals surface area contributed by atoms with Crippen LogP contribution in [-0.4, -0.2) is 50.1 Å². The fraction of sp³-hybridized carbons (Fsp3) is 0.600. The van der Waals surface area contributed by atoms with E-state index in [1.807, 2.05) is 4.90 Å². The van der Waals surface area contributed by atoms with Gasteiger partial charge in [-0.05, 0) is 24.8 Å². The zero-order valence-corrected chi connectivity index (χ0v) is 12.3. The molecule has 2 amide bonds. The Labute approximate surface area is 124 Å². The van der Waals surface area contributed by atoms with Crippen molar-refractivity contribution in [1.82, 2.24) is 10.2 Å². The van der Waals surface area contributed by atoms with Crippen LogP contribution in [-0.2, 0) is 9.53 Å². The number of amides is 2. The highest BCUT2D eigenvalue weighted by Gasteiger charge is 2.23. The second-order valence-electron chi connectivity index (χ2n) is 5.31. The maximum atomic E-state index is 12.0. The van der Waals surface area contributed by atoms with Crippen LogP contribution in [0.4, 0.5) is 0 Å². The second kappa shape index (κ2) is 7.83. The lowest BCUT2D eigenvalue weighted by Crippen LogP contribution is -2.43. The topological polar surface area (TPSA) is 71.8 Å². The molecule has 116 valence electrons. The molecule has 1 saturated heterocycles. The van der Waals surface area contributed by atoms with Gasteiger partial charge in [0, 0.05) is 26.7 Å². The molecule has 1 aliphatic rings. The highest BCUT2D eigenvalue weighted by molar-refractivity contribution is 5.93. The first-order chi connectivity index (χ1) is 10.2. The predicted molar refractivity (Wildman–Crippen MR) is 76.8 cm³/mol. The van der Waals surface area contributed by atoms with Crippen LogP contribution >= 0.6 is 0 Å². The Kier molecular flexibility index (Phi) is 5.80. The van der Waals surface area contributed by atoms with E-state index < -0.39 is 0 Å². The van der Waals surface area contributed by atoms with E-state index in [2.05, 4.69) is 5.32 Å². The summed E-state index contributed by atoms with van der Waals surface area (Å²) >= 11 is 0. The number of rotatable bonds is 6. The zero-order chi connectivity index (χ0) is 15.1. The third-order valence-electron chi connectivity index (χ3n) is 3.73. The number of ether oxygens (including phenoxy) is 1. The van der Waals surface area contributed by atoms with E-state index in [1.54, 1.807) is 13.2 Å². The molecule has 1 atom stereocenters. The van der Waals surface area contributed by atoms with Crippen LogP contribution in [0.3, 0.4) is 0 Å². The number of likely N-dealkylation sites (tertiary alicyclic amines) is 1. The first-order valence-electron chi connectivity index (χ1n) is 7.28. The molecular formula is C15H22N2O4. The summed E-state index contributed by atoms with van der Waals surface area (Å²) < 4.78 is 9.82. The smallest absolute Gasteiger partial charge is 0.254 e. The van der Waals surface area contributed by atoms with Crippen molar-refractivity contribution in [3.63, 3.8) is 0 Å². The summed E-state index contributed by atoms with van der Waals surface area (Å²) in [4.78, 5) is 25.7. The minimum absolute atomic E-state index is 0.128. The van der Waals surface area contributed by atoms with Crippen molar-refractivity contribution in [1.29, 1.82) is 0 Å². The van der Waals surface area contributed by atoms with Gasteiger partial charge in [0.05, 0.1) is 24.9 Å². The van der Waals surface area contributed by atoms with Gasteiger partial charge in [0.1, 0.15) is 6.26 Å². The van der Waals surface area contributed by atoms with Crippen LogP contribution in [0.25, 0.3) is 0 Å². The van der Waals surface area contributed by atoms with E-state index in [0.29, 0.717) is 37.6 Å². The first kappa shape index (κ1) is 15.6. The average Bonchev–Trinajstić information content (AvgIpc) is 3.05. The number of piperidine rings is 1. The number of carbonyl (C=O) groups excluding carboxylic acids is 2. The number of hydrogen-bond donors (Lipinski definition) is 1. The Morgan fingerprint density at radius 3 is 3.10 bits per heavy atom. The van der Waals surface area contributed by atoms with Crippen LogP contribution < -0.4 is 5.32 Å². The third kappa shape index (κ3) is 4.60. The zero-order valence-electron chi connectivity index (χ0n) is 12.3. The summed E-state index contributed by atoms with van der Waals surface area (Å²) in [6.45, 7) is 2.54. The molecule has 1 aromatic heterocycles. The van der Waals surface area contributed by atoms with E-state index in [4.69, 9.17) is 9.15 Å². The molecule has 0 aromatic carbocycles. The van der Waals surface area contributed by atoms with Crippen molar-refractivity contribution in [2.24, 2.45) is 5.92 Å². The first-order valence-corrected chi connectivity index (χ1v) is 7.28. The number of methoxy groups -OCH3 is 1. The Morgan fingerprint density at radius 2 is 2.38 bits per heavy atom. The van der Waals surface area contributed by atoms with Gasteiger partial charge in [-0.1, -0.05) is 0 Å². The Morgan fingerprint density at radius 1 is 1.52 bits per heavy atom. The van der Waals surface area contributed by atoms with E-state index >= 15 is 0 Å². The monoisotopic (exact) mass is 294 g/mol. The van der Waals surface area contributed by atoms with E-state index in [0.717, 1.165) is 19.4 Å².